The first-order valence-electron chi connectivity index (χ1n) is 6.44. The lowest BCUT2D eigenvalue weighted by atomic mass is 9.92. The summed E-state index contributed by atoms with van der Waals surface area (Å²) in [7, 11) is -3.48. The smallest absolute Gasteiger partial charge is 0.240 e. The number of aryl methyl sites for hydroxylation is 1. The second kappa shape index (κ2) is 5.91. The monoisotopic (exact) mass is 346 g/mol. The van der Waals surface area contributed by atoms with E-state index in [-0.39, 0.29) is 12.1 Å². The summed E-state index contributed by atoms with van der Waals surface area (Å²) >= 11 is 3.37. The predicted octanol–water partition coefficient (Wildman–Crippen LogP) is 2.31. The van der Waals surface area contributed by atoms with Gasteiger partial charge in [-0.1, -0.05) is 28.8 Å². The second-order valence-corrected chi connectivity index (χ2v) is 7.66. The van der Waals surface area contributed by atoms with Gasteiger partial charge in [-0.2, -0.15) is 0 Å². The average Bonchev–Trinajstić information content (AvgIpc) is 2.35. The van der Waals surface area contributed by atoms with Crippen LogP contribution in [0.2, 0.25) is 0 Å². The molecule has 0 amide bonds. The molecule has 0 saturated heterocycles. The predicted molar refractivity (Wildman–Crippen MR) is 79.4 cm³/mol. The van der Waals surface area contributed by atoms with Crippen LogP contribution in [-0.2, 0) is 10.0 Å². The standard InChI is InChI=1S/C13H19BrN2O2S/c1-9-8-10(6-7-11(9)14)19(17,18)16-13-5-3-2-4-12(13)15/h6-8,12-13,16H,2-5,15H2,1H3. The number of rotatable bonds is 3. The van der Waals surface area contributed by atoms with Gasteiger partial charge in [0.2, 0.25) is 10.0 Å². The minimum Gasteiger partial charge on any atom is -0.326 e. The van der Waals surface area contributed by atoms with Crippen LogP contribution in [0.25, 0.3) is 0 Å². The molecule has 106 valence electrons. The summed E-state index contributed by atoms with van der Waals surface area (Å²) in [6.07, 6.45) is 3.81. The van der Waals surface area contributed by atoms with E-state index in [4.69, 9.17) is 5.73 Å². The molecule has 2 unspecified atom stereocenters. The maximum atomic E-state index is 12.3. The minimum atomic E-state index is -3.48. The molecule has 2 rings (SSSR count). The molecular weight excluding hydrogens is 328 g/mol. The molecule has 1 saturated carbocycles. The van der Waals surface area contributed by atoms with Crippen LogP contribution < -0.4 is 10.5 Å². The number of benzene rings is 1. The molecule has 0 spiro atoms. The van der Waals surface area contributed by atoms with Crippen molar-refractivity contribution in [3.05, 3.63) is 28.2 Å². The van der Waals surface area contributed by atoms with Gasteiger partial charge in [0, 0.05) is 16.6 Å². The Balaban J connectivity index is 2.19. The summed E-state index contributed by atoms with van der Waals surface area (Å²) in [6.45, 7) is 1.87. The molecule has 0 aromatic heterocycles. The molecule has 2 atom stereocenters. The third kappa shape index (κ3) is 3.56. The zero-order valence-electron chi connectivity index (χ0n) is 10.9. The highest BCUT2D eigenvalue weighted by Gasteiger charge is 2.27. The number of sulfonamides is 1. The molecule has 1 fully saturated rings. The number of hydrogen-bond acceptors (Lipinski definition) is 3. The molecule has 1 aliphatic carbocycles. The summed E-state index contributed by atoms with van der Waals surface area (Å²) in [5.41, 5.74) is 6.88. The maximum Gasteiger partial charge on any atom is 0.240 e. The molecule has 4 nitrogen and oxygen atoms in total. The lowest BCUT2D eigenvalue weighted by molar-refractivity contribution is 0.361. The van der Waals surface area contributed by atoms with Crippen molar-refractivity contribution >= 4 is 26.0 Å². The van der Waals surface area contributed by atoms with E-state index in [1.54, 1.807) is 18.2 Å². The molecule has 1 aromatic rings. The topological polar surface area (TPSA) is 72.2 Å². The largest absolute Gasteiger partial charge is 0.326 e. The summed E-state index contributed by atoms with van der Waals surface area (Å²) in [4.78, 5) is 0.297. The van der Waals surface area contributed by atoms with Gasteiger partial charge in [0.1, 0.15) is 0 Å². The van der Waals surface area contributed by atoms with Crippen LogP contribution in [0.4, 0.5) is 0 Å². The van der Waals surface area contributed by atoms with Crippen molar-refractivity contribution in [2.24, 2.45) is 5.73 Å². The van der Waals surface area contributed by atoms with E-state index >= 15 is 0 Å². The lowest BCUT2D eigenvalue weighted by Crippen LogP contribution is -2.49. The van der Waals surface area contributed by atoms with Gasteiger partial charge >= 0.3 is 0 Å². The Morgan fingerprint density at radius 1 is 1.32 bits per heavy atom. The first kappa shape index (κ1) is 15.0. The van der Waals surface area contributed by atoms with Gasteiger partial charge in [0.25, 0.3) is 0 Å². The van der Waals surface area contributed by atoms with E-state index in [2.05, 4.69) is 20.7 Å². The second-order valence-electron chi connectivity index (χ2n) is 5.09. The first-order chi connectivity index (χ1) is 8.90. The van der Waals surface area contributed by atoms with Gasteiger partial charge < -0.3 is 5.73 Å². The Kier molecular flexibility index (Phi) is 4.66. The molecule has 0 heterocycles. The van der Waals surface area contributed by atoms with Gasteiger partial charge in [0.05, 0.1) is 4.90 Å². The quantitative estimate of drug-likeness (QED) is 0.881. The summed E-state index contributed by atoms with van der Waals surface area (Å²) < 4.78 is 28.3. The number of hydrogen-bond donors (Lipinski definition) is 2. The van der Waals surface area contributed by atoms with Crippen molar-refractivity contribution in [3.8, 4) is 0 Å². The van der Waals surface area contributed by atoms with E-state index in [1.807, 2.05) is 6.92 Å². The number of nitrogens with one attached hydrogen (secondary N) is 1. The van der Waals surface area contributed by atoms with Crippen LogP contribution in [-0.4, -0.2) is 20.5 Å². The summed E-state index contributed by atoms with van der Waals surface area (Å²) in [6, 6.07) is 4.79. The first-order valence-corrected chi connectivity index (χ1v) is 8.72. The fraction of sp³-hybridized carbons (Fsp3) is 0.538. The van der Waals surface area contributed by atoms with E-state index < -0.39 is 10.0 Å². The Morgan fingerprint density at radius 2 is 2.00 bits per heavy atom. The normalized spacial score (nSPS) is 24.4. The van der Waals surface area contributed by atoms with Crippen molar-refractivity contribution in [2.45, 2.75) is 49.6 Å². The van der Waals surface area contributed by atoms with Crippen LogP contribution in [0.1, 0.15) is 31.2 Å². The van der Waals surface area contributed by atoms with Gasteiger partial charge in [-0.3, -0.25) is 0 Å². The minimum absolute atomic E-state index is 0.0833. The van der Waals surface area contributed by atoms with E-state index in [0.717, 1.165) is 35.7 Å². The van der Waals surface area contributed by atoms with Gasteiger partial charge in [0.15, 0.2) is 0 Å². The summed E-state index contributed by atoms with van der Waals surface area (Å²) in [5, 5.41) is 0. The van der Waals surface area contributed by atoms with Crippen molar-refractivity contribution in [3.63, 3.8) is 0 Å². The zero-order valence-corrected chi connectivity index (χ0v) is 13.3. The maximum absolute atomic E-state index is 12.3. The molecule has 0 aliphatic heterocycles. The molecule has 19 heavy (non-hydrogen) atoms. The van der Waals surface area contributed by atoms with Crippen LogP contribution >= 0.6 is 15.9 Å². The van der Waals surface area contributed by atoms with Crippen molar-refractivity contribution in [1.29, 1.82) is 0 Å². The van der Waals surface area contributed by atoms with Crippen LogP contribution in [0.15, 0.2) is 27.6 Å². The highest BCUT2D eigenvalue weighted by atomic mass is 79.9. The molecule has 1 aliphatic rings. The van der Waals surface area contributed by atoms with Gasteiger partial charge in [-0.25, -0.2) is 13.1 Å². The average molecular weight is 347 g/mol. The molecule has 6 heteroatoms. The van der Waals surface area contributed by atoms with Gasteiger partial charge in [-0.05, 0) is 43.5 Å². The lowest BCUT2D eigenvalue weighted by Gasteiger charge is -2.29. The third-order valence-electron chi connectivity index (χ3n) is 3.57. The van der Waals surface area contributed by atoms with Crippen molar-refractivity contribution < 1.29 is 8.42 Å². The van der Waals surface area contributed by atoms with E-state index in [9.17, 15) is 8.42 Å². The number of nitrogens with two attached hydrogens (primary N) is 1. The van der Waals surface area contributed by atoms with E-state index in [1.165, 1.54) is 0 Å². The molecule has 0 radical (unpaired) electrons. The third-order valence-corrected chi connectivity index (χ3v) is 5.94. The van der Waals surface area contributed by atoms with Crippen LogP contribution in [0.3, 0.4) is 0 Å². The van der Waals surface area contributed by atoms with Crippen LogP contribution in [0, 0.1) is 6.92 Å². The summed E-state index contributed by atoms with van der Waals surface area (Å²) in [5.74, 6) is 0. The van der Waals surface area contributed by atoms with Crippen LogP contribution in [0.5, 0.6) is 0 Å². The Morgan fingerprint density at radius 3 is 2.63 bits per heavy atom. The highest BCUT2D eigenvalue weighted by molar-refractivity contribution is 9.10. The van der Waals surface area contributed by atoms with E-state index in [0.29, 0.717) is 4.90 Å². The Bertz CT molecular complexity index is 560. The SMILES string of the molecule is Cc1cc(S(=O)(=O)NC2CCCCC2N)ccc1Br. The highest BCUT2D eigenvalue weighted by Crippen LogP contribution is 2.22. The fourth-order valence-electron chi connectivity index (χ4n) is 2.36. The van der Waals surface area contributed by atoms with Gasteiger partial charge in [-0.15, -0.1) is 0 Å². The molecule has 0 bridgehead atoms. The van der Waals surface area contributed by atoms with Crippen molar-refractivity contribution in [1.82, 2.24) is 4.72 Å². The molecule has 3 N–H and O–H groups in total. The Hall–Kier alpha value is -0.430. The molecular formula is C13H19BrN2O2S. The Labute approximate surface area is 122 Å². The zero-order chi connectivity index (χ0) is 14.0. The van der Waals surface area contributed by atoms with Crippen molar-refractivity contribution in [2.75, 3.05) is 0 Å². The molecule has 1 aromatic carbocycles. The number of halogens is 1. The fourth-order valence-corrected chi connectivity index (χ4v) is 4.01.